The number of allylic oxidation sites excluding steroid dienone is 4. The number of hydrogen-bond acceptors (Lipinski definition) is 3. The van der Waals surface area contributed by atoms with Crippen molar-refractivity contribution in [3.8, 4) is 0 Å². The van der Waals surface area contributed by atoms with Crippen molar-refractivity contribution in [3.63, 3.8) is 0 Å². The molecule has 5 atom stereocenters. The highest BCUT2D eigenvalue weighted by molar-refractivity contribution is 7.80. The van der Waals surface area contributed by atoms with Crippen molar-refractivity contribution in [2.24, 2.45) is 29.1 Å². The van der Waals surface area contributed by atoms with Crippen molar-refractivity contribution in [1.29, 1.82) is 0 Å². The van der Waals surface area contributed by atoms with Crippen LogP contribution in [0.5, 0.6) is 0 Å². The fourth-order valence-electron chi connectivity index (χ4n) is 6.90. The van der Waals surface area contributed by atoms with Gasteiger partial charge >= 0.3 is 33.5 Å². The van der Waals surface area contributed by atoms with Crippen LogP contribution in [0.25, 0.3) is 0 Å². The van der Waals surface area contributed by atoms with Crippen LogP contribution < -0.4 is 0 Å². The minimum Gasteiger partial charge on any atom is -0.264 e. The molecular weight excluding hydrogens is 445 g/mol. The van der Waals surface area contributed by atoms with E-state index >= 15 is 0 Å². The first-order valence-corrected chi connectivity index (χ1v) is 14.1. The maximum atomic E-state index is 11.1. The first kappa shape index (κ1) is 29.1. The number of fused-ring (bicyclic) bond motifs is 1. The quantitative estimate of drug-likeness (QED) is 0.310. The highest BCUT2D eigenvalue weighted by atomic mass is 32.3. The molecule has 3 saturated carbocycles. The van der Waals surface area contributed by atoms with Crippen molar-refractivity contribution in [2.75, 3.05) is 0 Å². The van der Waals surface area contributed by atoms with Gasteiger partial charge in [0, 0.05) is 6.42 Å². The highest BCUT2D eigenvalue weighted by Crippen LogP contribution is 2.60. The third-order valence-corrected chi connectivity index (χ3v) is 9.11. The molecule has 0 unspecified atom stereocenters. The molecule has 186 valence electrons. The highest BCUT2D eigenvalue weighted by Gasteiger charge is 2.50. The van der Waals surface area contributed by atoms with E-state index in [4.69, 9.17) is 8.74 Å². The fourth-order valence-corrected chi connectivity index (χ4v) is 7.41. The number of rotatable bonds is 8. The van der Waals surface area contributed by atoms with Crippen LogP contribution in [0, 0.1) is 29.1 Å². The molecule has 0 spiro atoms. The molecule has 1 N–H and O–H groups in total. The van der Waals surface area contributed by atoms with Gasteiger partial charge in [0.05, 0.1) is 6.10 Å². The van der Waals surface area contributed by atoms with Crippen molar-refractivity contribution < 1.29 is 17.2 Å². The van der Waals surface area contributed by atoms with E-state index in [1.807, 2.05) is 0 Å². The summed E-state index contributed by atoms with van der Waals surface area (Å²) in [4.78, 5) is 0. The van der Waals surface area contributed by atoms with E-state index in [0.717, 1.165) is 35.3 Å². The second kappa shape index (κ2) is 12.2. The lowest BCUT2D eigenvalue weighted by atomic mass is 9.60. The van der Waals surface area contributed by atoms with Gasteiger partial charge in [0.15, 0.2) is 0 Å². The van der Waals surface area contributed by atoms with Gasteiger partial charge in [-0.2, -0.15) is 8.42 Å². The molecule has 33 heavy (non-hydrogen) atoms. The lowest BCUT2D eigenvalue weighted by Gasteiger charge is -2.44. The lowest BCUT2D eigenvalue weighted by molar-refractivity contribution is 0.0929. The molecule has 0 radical (unpaired) electrons. The summed E-state index contributed by atoms with van der Waals surface area (Å²) in [6, 6.07) is 0. The fraction of sp³-hybridized carbons (Fsp3) is 0.778. The van der Waals surface area contributed by atoms with Crippen LogP contribution in [0.4, 0.5) is 0 Å². The Hall–Kier alpha value is -0.144. The monoisotopic (exact) mass is 490 g/mol. The Morgan fingerprint density at radius 1 is 1.15 bits per heavy atom. The van der Waals surface area contributed by atoms with E-state index in [0.29, 0.717) is 30.6 Å². The summed E-state index contributed by atoms with van der Waals surface area (Å²) < 4.78 is 36.1. The Morgan fingerprint density at radius 2 is 1.88 bits per heavy atom. The zero-order valence-corrected chi connectivity index (χ0v) is 21.4. The Kier molecular flexibility index (Phi) is 10.8. The van der Waals surface area contributed by atoms with E-state index in [1.165, 1.54) is 44.9 Å². The summed E-state index contributed by atoms with van der Waals surface area (Å²) in [6.45, 7) is 13.9. The van der Waals surface area contributed by atoms with E-state index in [1.54, 1.807) is 5.57 Å². The number of hydrogen-bond donors (Lipinski definition) is 1. The molecule has 0 aliphatic heterocycles. The molecule has 0 aromatic rings. The van der Waals surface area contributed by atoms with Gasteiger partial charge in [0.2, 0.25) is 0 Å². The van der Waals surface area contributed by atoms with Gasteiger partial charge in [-0.25, -0.2) is 4.18 Å². The Labute approximate surface area is 218 Å². The third-order valence-electron chi connectivity index (χ3n) is 8.59. The first-order valence-electron chi connectivity index (χ1n) is 12.7. The second-order valence-corrected chi connectivity index (χ2v) is 12.4. The van der Waals surface area contributed by atoms with Gasteiger partial charge in [-0.1, -0.05) is 76.8 Å². The van der Waals surface area contributed by atoms with Crippen molar-refractivity contribution in [1.82, 2.24) is 0 Å². The molecule has 0 heterocycles. The summed E-state index contributed by atoms with van der Waals surface area (Å²) >= 11 is 0. The summed E-state index contributed by atoms with van der Waals surface area (Å²) in [7, 11) is -4.42. The van der Waals surface area contributed by atoms with Crippen LogP contribution in [-0.2, 0) is 14.6 Å². The van der Waals surface area contributed by atoms with Crippen molar-refractivity contribution in [3.05, 3.63) is 35.5 Å². The zero-order chi connectivity index (χ0) is 23.5. The molecule has 3 aliphatic carbocycles. The third kappa shape index (κ3) is 7.67. The average molecular weight is 491 g/mol. The van der Waals surface area contributed by atoms with Crippen LogP contribution in [0.2, 0.25) is 0 Å². The Morgan fingerprint density at radius 3 is 2.55 bits per heavy atom. The molecule has 6 heteroatoms. The second-order valence-electron chi connectivity index (χ2n) is 11.3. The van der Waals surface area contributed by atoms with E-state index in [-0.39, 0.29) is 23.1 Å². The standard InChI is InChI=1S/C27H44O4S.Mg.2H/c1-19(2)8-6-9-21(4)25-15-16-26-22(10-7-17-27(25,26)5)12-13-23-18-24(14-11-20(23)3)31-32(28,29)30;;;/h12-13,19,21,24-26H,3,6-11,14-18H2,1-2,4-5H3,(H,28,29,30);;;/b22-12+,23-13-;;;/t21-,24+,25-,26+,27-;;;/m1.../s1. The van der Waals surface area contributed by atoms with Crippen molar-refractivity contribution in [2.45, 2.75) is 104 Å². The van der Waals surface area contributed by atoms with Gasteiger partial charge in [0.25, 0.3) is 0 Å². The van der Waals surface area contributed by atoms with Crippen molar-refractivity contribution >= 4 is 33.5 Å². The van der Waals surface area contributed by atoms with Gasteiger partial charge in [-0.15, -0.1) is 0 Å². The summed E-state index contributed by atoms with van der Waals surface area (Å²) in [6.07, 6.45) is 16.1. The minimum atomic E-state index is -4.42. The molecule has 0 amide bonds. The predicted octanol–water partition coefficient (Wildman–Crippen LogP) is 6.53. The summed E-state index contributed by atoms with van der Waals surface area (Å²) in [5, 5.41) is 0. The first-order chi connectivity index (χ1) is 15.0. The van der Waals surface area contributed by atoms with Gasteiger partial charge in [-0.3, -0.25) is 4.55 Å². The van der Waals surface area contributed by atoms with E-state index < -0.39 is 16.5 Å². The molecule has 0 saturated heterocycles. The van der Waals surface area contributed by atoms with Crippen LogP contribution in [0.1, 0.15) is 98.3 Å². The molecule has 3 aliphatic rings. The average Bonchev–Trinajstić information content (AvgIpc) is 3.04. The summed E-state index contributed by atoms with van der Waals surface area (Å²) in [5.41, 5.74) is 4.08. The van der Waals surface area contributed by atoms with Crippen LogP contribution in [0.3, 0.4) is 0 Å². The van der Waals surface area contributed by atoms with Crippen LogP contribution in [0.15, 0.2) is 35.5 Å². The maximum Gasteiger partial charge on any atom is 0.397 e. The Bertz CT molecular complexity index is 844. The summed E-state index contributed by atoms with van der Waals surface area (Å²) in [5.74, 6) is 3.06. The Balaban J connectivity index is 0.00000385. The van der Waals surface area contributed by atoms with Gasteiger partial charge in [-0.05, 0) is 79.6 Å². The molecule has 4 nitrogen and oxygen atoms in total. The van der Waals surface area contributed by atoms with E-state index in [2.05, 4.69) is 46.4 Å². The molecule has 3 fully saturated rings. The largest absolute Gasteiger partial charge is 0.397 e. The molecular formula is C27H46MgO4S. The normalized spacial score (nSPS) is 33.9. The topological polar surface area (TPSA) is 63.6 Å². The minimum absolute atomic E-state index is 0. The SMILES string of the molecule is C=C1CC[C@H](OS(=O)(=O)O)C/C1=C/C=C1\CCC[C@]2(C)[C@@H]([C@H](C)CCCC(C)C)CC[C@@H]12.[MgH2]. The molecule has 3 rings (SSSR count). The van der Waals surface area contributed by atoms with E-state index in [9.17, 15) is 8.42 Å². The van der Waals surface area contributed by atoms with Crippen LogP contribution >= 0.6 is 0 Å². The van der Waals surface area contributed by atoms with Gasteiger partial charge in [0.1, 0.15) is 0 Å². The molecule has 0 bridgehead atoms. The zero-order valence-electron chi connectivity index (χ0n) is 20.6. The molecule has 0 aromatic carbocycles. The molecule has 0 aromatic heterocycles. The lowest BCUT2D eigenvalue weighted by Crippen LogP contribution is -2.36. The predicted molar refractivity (Wildman–Crippen MR) is 140 cm³/mol. The maximum absolute atomic E-state index is 11.1. The van der Waals surface area contributed by atoms with Gasteiger partial charge < -0.3 is 0 Å². The smallest absolute Gasteiger partial charge is 0.264 e. The van der Waals surface area contributed by atoms with Crippen LogP contribution in [-0.4, -0.2) is 42.1 Å².